The highest BCUT2D eigenvalue weighted by Gasteiger charge is 2.44. The van der Waals surface area contributed by atoms with Crippen LogP contribution >= 0.6 is 0 Å². The Morgan fingerprint density at radius 2 is 1.77 bits per heavy atom. The number of hydrogen-bond acceptors (Lipinski definition) is 6. The topological polar surface area (TPSA) is 101 Å². The predicted octanol–water partition coefficient (Wildman–Crippen LogP) is 4.11. The molecular weight excluding hydrogens is 494 g/mol. The maximum atomic E-state index is 13.6. The van der Waals surface area contributed by atoms with E-state index in [0.29, 0.717) is 17.2 Å². The molecular formula is C30H39N5O4. The Hall–Kier alpha value is -3.43. The molecule has 3 saturated heterocycles. The van der Waals surface area contributed by atoms with Crippen molar-refractivity contribution in [3.05, 3.63) is 65.4 Å². The van der Waals surface area contributed by atoms with Gasteiger partial charge in [-0.2, -0.15) is 0 Å². The number of aryl methyl sites for hydroxylation is 1. The summed E-state index contributed by atoms with van der Waals surface area (Å²) in [4.78, 5) is 36.1. The van der Waals surface area contributed by atoms with Crippen LogP contribution in [0.1, 0.15) is 54.2 Å². The highest BCUT2D eigenvalue weighted by atomic mass is 16.5. The summed E-state index contributed by atoms with van der Waals surface area (Å²) in [5.74, 6) is 0.638. The maximum Gasteiger partial charge on any atom is 0.321 e. The van der Waals surface area contributed by atoms with Crippen LogP contribution in [0.5, 0.6) is 11.6 Å². The van der Waals surface area contributed by atoms with E-state index >= 15 is 0 Å². The second kappa shape index (κ2) is 11.8. The summed E-state index contributed by atoms with van der Waals surface area (Å²) < 4.78 is 11.4. The molecule has 9 nitrogen and oxygen atoms in total. The molecule has 2 aromatic rings. The highest BCUT2D eigenvalue weighted by molar-refractivity contribution is 5.92. The number of nitrogens with zero attached hydrogens (tertiary/aromatic N) is 4. The van der Waals surface area contributed by atoms with Gasteiger partial charge in [-0.15, -0.1) is 0 Å². The van der Waals surface area contributed by atoms with Gasteiger partial charge in [0.05, 0.1) is 6.04 Å². The van der Waals surface area contributed by atoms with Crippen molar-refractivity contribution in [3.63, 3.8) is 0 Å². The van der Waals surface area contributed by atoms with E-state index in [2.05, 4.69) is 32.3 Å². The molecule has 0 saturated carbocycles. The van der Waals surface area contributed by atoms with Crippen molar-refractivity contribution in [1.82, 2.24) is 19.7 Å². The summed E-state index contributed by atoms with van der Waals surface area (Å²) in [6.07, 6.45) is 3.73. The normalized spacial score (nSPS) is 21.4. The minimum atomic E-state index is -0.469. The standard InChI is InChI=1S/C30H39N5O4/c1-20(2)27-19-34(24-12-16-38-17-13-24)30(37)35(27)25-10-14-33(15-11-25)18-23-6-9-28(32-21(23)3)39-26-7-4-22(5-8-26)29(31)36/h4-9,24-25,27H,1,10-19H2,2-3H3,(H2,31,36). The monoisotopic (exact) mass is 533 g/mol. The van der Waals surface area contributed by atoms with Crippen molar-refractivity contribution in [2.75, 3.05) is 32.8 Å². The fourth-order valence-corrected chi connectivity index (χ4v) is 5.94. The van der Waals surface area contributed by atoms with Crippen LogP contribution in [-0.2, 0) is 11.3 Å². The summed E-state index contributed by atoms with van der Waals surface area (Å²) >= 11 is 0. The van der Waals surface area contributed by atoms with Crippen LogP contribution in [0, 0.1) is 6.92 Å². The van der Waals surface area contributed by atoms with Crippen LogP contribution in [0.2, 0.25) is 0 Å². The van der Waals surface area contributed by atoms with E-state index in [0.717, 1.165) is 81.9 Å². The summed E-state index contributed by atoms with van der Waals surface area (Å²) in [7, 11) is 0. The molecule has 3 fully saturated rings. The van der Waals surface area contributed by atoms with E-state index in [-0.39, 0.29) is 24.2 Å². The van der Waals surface area contributed by atoms with Crippen molar-refractivity contribution in [2.45, 2.75) is 64.2 Å². The molecule has 0 radical (unpaired) electrons. The molecule has 5 rings (SSSR count). The molecule has 0 spiro atoms. The molecule has 1 atom stereocenters. The Morgan fingerprint density at radius 3 is 2.38 bits per heavy atom. The lowest BCUT2D eigenvalue weighted by molar-refractivity contribution is 0.0493. The molecule has 3 aliphatic rings. The quantitative estimate of drug-likeness (QED) is 0.513. The molecule has 4 heterocycles. The van der Waals surface area contributed by atoms with Crippen LogP contribution in [-0.4, -0.2) is 82.6 Å². The molecule has 3 aliphatic heterocycles. The van der Waals surface area contributed by atoms with Crippen LogP contribution in [0.4, 0.5) is 4.79 Å². The molecule has 2 N–H and O–H groups in total. The zero-order valence-electron chi connectivity index (χ0n) is 23.0. The van der Waals surface area contributed by atoms with E-state index in [1.165, 1.54) is 0 Å². The number of benzene rings is 1. The lowest BCUT2D eigenvalue weighted by Crippen LogP contribution is -2.50. The molecule has 39 heavy (non-hydrogen) atoms. The number of piperidine rings is 1. The number of pyridine rings is 1. The van der Waals surface area contributed by atoms with Gasteiger partial charge in [0.2, 0.25) is 11.8 Å². The zero-order chi connectivity index (χ0) is 27.5. The number of hydrogen-bond donors (Lipinski definition) is 1. The summed E-state index contributed by atoms with van der Waals surface area (Å²) in [5, 5.41) is 0. The molecule has 3 amide bonds. The van der Waals surface area contributed by atoms with Gasteiger partial charge in [-0.05, 0) is 69.4 Å². The number of urea groups is 1. The molecule has 9 heteroatoms. The summed E-state index contributed by atoms with van der Waals surface area (Å²) in [6.45, 7) is 13.2. The van der Waals surface area contributed by atoms with Gasteiger partial charge in [0.25, 0.3) is 0 Å². The summed E-state index contributed by atoms with van der Waals surface area (Å²) in [5.41, 5.74) is 8.89. The largest absolute Gasteiger partial charge is 0.439 e. The lowest BCUT2D eigenvalue weighted by atomic mass is 9.99. The SMILES string of the molecule is C=C(C)C1CN(C2CCOCC2)C(=O)N1C1CCN(Cc2ccc(Oc3ccc(C(N)=O)cc3)nc2C)CC1. The first kappa shape index (κ1) is 27.1. The van der Waals surface area contributed by atoms with Crippen molar-refractivity contribution >= 4 is 11.9 Å². The molecule has 1 aromatic heterocycles. The van der Waals surface area contributed by atoms with Gasteiger partial charge < -0.3 is 25.0 Å². The minimum Gasteiger partial charge on any atom is -0.439 e. The van der Waals surface area contributed by atoms with Gasteiger partial charge in [0.1, 0.15) is 5.75 Å². The van der Waals surface area contributed by atoms with Gasteiger partial charge in [-0.1, -0.05) is 18.2 Å². The Kier molecular flexibility index (Phi) is 8.18. The fourth-order valence-electron chi connectivity index (χ4n) is 5.94. The average molecular weight is 534 g/mol. The van der Waals surface area contributed by atoms with Crippen LogP contribution < -0.4 is 10.5 Å². The number of aromatic nitrogens is 1. The van der Waals surface area contributed by atoms with Gasteiger partial charge in [0, 0.05) is 68.8 Å². The van der Waals surface area contributed by atoms with E-state index in [1.54, 1.807) is 24.3 Å². The summed E-state index contributed by atoms with van der Waals surface area (Å²) in [6, 6.07) is 11.4. The Labute approximate surface area is 230 Å². The third kappa shape index (κ3) is 6.09. The van der Waals surface area contributed by atoms with Gasteiger partial charge in [-0.25, -0.2) is 9.78 Å². The number of nitrogens with two attached hydrogens (primary N) is 1. The fraction of sp³-hybridized carbons (Fsp3) is 0.500. The highest BCUT2D eigenvalue weighted by Crippen LogP contribution is 2.32. The number of carbonyl (C=O) groups is 2. The molecule has 0 aliphatic carbocycles. The predicted molar refractivity (Wildman–Crippen MR) is 149 cm³/mol. The lowest BCUT2D eigenvalue weighted by Gasteiger charge is -2.39. The first-order valence-corrected chi connectivity index (χ1v) is 13.9. The molecule has 1 aromatic carbocycles. The molecule has 1 unspecified atom stereocenters. The number of likely N-dealkylation sites (tertiary alicyclic amines) is 1. The first-order chi connectivity index (χ1) is 18.8. The minimum absolute atomic E-state index is 0.0860. The Bertz CT molecular complexity index is 1200. The number of rotatable bonds is 8. The number of amides is 3. The third-order valence-corrected chi connectivity index (χ3v) is 8.25. The second-order valence-corrected chi connectivity index (χ2v) is 10.9. The number of carbonyl (C=O) groups excluding carboxylic acids is 2. The second-order valence-electron chi connectivity index (χ2n) is 10.9. The first-order valence-electron chi connectivity index (χ1n) is 13.9. The smallest absolute Gasteiger partial charge is 0.321 e. The zero-order valence-corrected chi connectivity index (χ0v) is 23.0. The number of ether oxygens (including phenoxy) is 2. The third-order valence-electron chi connectivity index (χ3n) is 8.25. The van der Waals surface area contributed by atoms with Gasteiger partial charge in [-0.3, -0.25) is 9.69 Å². The molecule has 0 bridgehead atoms. The average Bonchev–Trinajstić information content (AvgIpc) is 3.29. The van der Waals surface area contributed by atoms with Gasteiger partial charge in [0.15, 0.2) is 0 Å². The van der Waals surface area contributed by atoms with E-state index < -0.39 is 5.91 Å². The van der Waals surface area contributed by atoms with Crippen LogP contribution in [0.15, 0.2) is 48.6 Å². The van der Waals surface area contributed by atoms with Crippen molar-refractivity contribution in [3.8, 4) is 11.6 Å². The van der Waals surface area contributed by atoms with Gasteiger partial charge >= 0.3 is 6.03 Å². The van der Waals surface area contributed by atoms with Crippen molar-refractivity contribution in [2.24, 2.45) is 5.73 Å². The number of primary amides is 1. The molecule has 208 valence electrons. The van der Waals surface area contributed by atoms with E-state index in [4.69, 9.17) is 15.2 Å². The van der Waals surface area contributed by atoms with Crippen molar-refractivity contribution in [1.29, 1.82) is 0 Å². The van der Waals surface area contributed by atoms with Crippen LogP contribution in [0.3, 0.4) is 0 Å². The maximum absolute atomic E-state index is 13.6. The Morgan fingerprint density at radius 1 is 1.08 bits per heavy atom. The van der Waals surface area contributed by atoms with Crippen LogP contribution in [0.25, 0.3) is 0 Å². The van der Waals surface area contributed by atoms with E-state index in [9.17, 15) is 9.59 Å². The van der Waals surface area contributed by atoms with E-state index in [1.807, 2.05) is 19.9 Å². The van der Waals surface area contributed by atoms with Crippen molar-refractivity contribution < 1.29 is 19.1 Å². The Balaban J connectivity index is 1.17.